The van der Waals surface area contributed by atoms with E-state index in [0.717, 1.165) is 22.2 Å². The first-order valence-electron chi connectivity index (χ1n) is 7.51. The van der Waals surface area contributed by atoms with Crippen LogP contribution in [0.15, 0.2) is 35.7 Å². The van der Waals surface area contributed by atoms with Gasteiger partial charge in [0.15, 0.2) is 0 Å². The van der Waals surface area contributed by atoms with Crippen molar-refractivity contribution in [2.45, 2.75) is 20.4 Å². The molecule has 0 bridgehead atoms. The van der Waals surface area contributed by atoms with Crippen LogP contribution in [-0.2, 0) is 16.1 Å². The van der Waals surface area contributed by atoms with Crippen molar-refractivity contribution in [1.82, 2.24) is 19.4 Å². The number of hydrogen-bond acceptors (Lipinski definition) is 5. The second-order valence-corrected chi connectivity index (χ2v) is 5.54. The van der Waals surface area contributed by atoms with Crippen molar-refractivity contribution < 1.29 is 9.53 Å². The third kappa shape index (κ3) is 3.00. The van der Waals surface area contributed by atoms with E-state index in [1.54, 1.807) is 13.1 Å². The van der Waals surface area contributed by atoms with Gasteiger partial charge in [0, 0.05) is 22.2 Å². The number of carbonyl (C=O) groups excluding carboxylic acids is 1. The number of fused-ring (bicyclic) bond motifs is 1. The summed E-state index contributed by atoms with van der Waals surface area (Å²) in [6.45, 7) is 4.28. The van der Waals surface area contributed by atoms with Gasteiger partial charge in [0.05, 0.1) is 12.8 Å². The minimum Gasteiger partial charge on any atom is -0.465 e. The Bertz CT molecular complexity index is 966. The van der Waals surface area contributed by atoms with Gasteiger partial charge in [-0.15, -0.1) is 0 Å². The van der Waals surface area contributed by atoms with Crippen LogP contribution < -0.4 is 0 Å². The molecule has 24 heavy (non-hydrogen) atoms. The summed E-state index contributed by atoms with van der Waals surface area (Å²) in [6, 6.07) is 7.87. The molecule has 2 heterocycles. The molecule has 0 aliphatic carbocycles. The van der Waals surface area contributed by atoms with Crippen LogP contribution in [0.4, 0.5) is 0 Å². The summed E-state index contributed by atoms with van der Waals surface area (Å²) in [5.74, 6) is -0.262. The number of hydrogen-bond donors (Lipinski definition) is 1. The maximum atomic E-state index is 11.9. The molecule has 0 fully saturated rings. The molecule has 7 nitrogen and oxygen atoms in total. The summed E-state index contributed by atoms with van der Waals surface area (Å²) >= 11 is 5.09. The Morgan fingerprint density at radius 3 is 2.96 bits per heavy atom. The quantitative estimate of drug-likeness (QED) is 0.439. The Kier molecular flexibility index (Phi) is 4.57. The molecule has 1 aromatic carbocycles. The molecule has 3 aromatic rings. The molecule has 0 aliphatic rings. The van der Waals surface area contributed by atoms with E-state index in [0.29, 0.717) is 11.4 Å². The molecule has 124 valence electrons. The first-order chi connectivity index (χ1) is 11.6. The number of ether oxygens (including phenoxy) is 1. The van der Waals surface area contributed by atoms with Crippen molar-refractivity contribution in [3.05, 3.63) is 46.6 Å². The summed E-state index contributed by atoms with van der Waals surface area (Å²) < 4.78 is 8.90. The van der Waals surface area contributed by atoms with Crippen LogP contribution in [0.2, 0.25) is 0 Å². The molecule has 3 rings (SSSR count). The Hall–Kier alpha value is -2.74. The van der Waals surface area contributed by atoms with Crippen molar-refractivity contribution >= 4 is 35.3 Å². The standard InChI is InChI=1S/C16H17N5O2S/c1-3-23-15(22)9-20-11(2)13(12-6-4-5-7-14(12)20)8-18-21-10-17-19-16(21)24/h4-8,10H,3,9H2,1-2H3,(H,19,24). The van der Waals surface area contributed by atoms with E-state index < -0.39 is 0 Å². The zero-order valence-electron chi connectivity index (χ0n) is 13.4. The molecule has 0 atom stereocenters. The highest BCUT2D eigenvalue weighted by Crippen LogP contribution is 2.24. The minimum atomic E-state index is -0.262. The van der Waals surface area contributed by atoms with Gasteiger partial charge in [-0.3, -0.25) is 9.89 Å². The van der Waals surface area contributed by atoms with E-state index in [4.69, 9.17) is 17.0 Å². The number of nitrogens with one attached hydrogen (secondary N) is 1. The molecule has 0 amide bonds. The fourth-order valence-corrected chi connectivity index (χ4v) is 2.75. The molecular weight excluding hydrogens is 326 g/mol. The number of aromatic nitrogens is 4. The van der Waals surface area contributed by atoms with Crippen LogP contribution in [0.1, 0.15) is 18.2 Å². The van der Waals surface area contributed by atoms with Crippen molar-refractivity contribution in [3.8, 4) is 0 Å². The molecule has 2 aromatic heterocycles. The molecule has 0 spiro atoms. The fraction of sp³-hybridized carbons (Fsp3) is 0.250. The zero-order chi connectivity index (χ0) is 17.1. The van der Waals surface area contributed by atoms with E-state index >= 15 is 0 Å². The van der Waals surface area contributed by atoms with Crippen molar-refractivity contribution in [2.24, 2.45) is 5.10 Å². The highest BCUT2D eigenvalue weighted by atomic mass is 32.1. The van der Waals surface area contributed by atoms with E-state index in [-0.39, 0.29) is 12.5 Å². The molecule has 1 N–H and O–H groups in total. The number of para-hydroxylation sites is 1. The van der Waals surface area contributed by atoms with Crippen LogP contribution in [0.25, 0.3) is 10.9 Å². The van der Waals surface area contributed by atoms with Crippen LogP contribution in [-0.4, -0.2) is 38.2 Å². The van der Waals surface area contributed by atoms with Crippen LogP contribution in [0, 0.1) is 11.7 Å². The van der Waals surface area contributed by atoms with Gasteiger partial charge >= 0.3 is 5.97 Å². The molecule has 0 saturated carbocycles. The van der Waals surface area contributed by atoms with E-state index in [9.17, 15) is 4.79 Å². The normalized spacial score (nSPS) is 11.4. The average molecular weight is 343 g/mol. The SMILES string of the molecule is CCOC(=O)Cn1c(C)c(C=Nn2cn[nH]c2=S)c2ccccc21. The third-order valence-electron chi connectivity index (χ3n) is 3.72. The Labute approximate surface area is 143 Å². The maximum Gasteiger partial charge on any atom is 0.325 e. The van der Waals surface area contributed by atoms with Gasteiger partial charge in [-0.05, 0) is 32.1 Å². The summed E-state index contributed by atoms with van der Waals surface area (Å²) in [5.41, 5.74) is 2.82. The first kappa shape index (κ1) is 16.1. The number of H-pyrrole nitrogens is 1. The minimum absolute atomic E-state index is 0.166. The van der Waals surface area contributed by atoms with Crippen molar-refractivity contribution in [2.75, 3.05) is 6.61 Å². The number of aromatic amines is 1. The van der Waals surface area contributed by atoms with Crippen LogP contribution in [0.3, 0.4) is 0 Å². The van der Waals surface area contributed by atoms with Crippen LogP contribution >= 0.6 is 12.2 Å². The largest absolute Gasteiger partial charge is 0.465 e. The van der Waals surface area contributed by atoms with Crippen LogP contribution in [0.5, 0.6) is 0 Å². The number of esters is 1. The summed E-state index contributed by atoms with van der Waals surface area (Å²) in [4.78, 5) is 11.9. The van der Waals surface area contributed by atoms with Gasteiger partial charge in [-0.1, -0.05) is 18.2 Å². The maximum absolute atomic E-state index is 11.9. The smallest absolute Gasteiger partial charge is 0.325 e. The van der Waals surface area contributed by atoms with E-state index in [1.165, 1.54) is 11.0 Å². The van der Waals surface area contributed by atoms with Gasteiger partial charge in [0.1, 0.15) is 12.9 Å². The highest BCUT2D eigenvalue weighted by Gasteiger charge is 2.15. The molecule has 0 radical (unpaired) electrons. The molecule has 0 unspecified atom stereocenters. The summed E-state index contributed by atoms with van der Waals surface area (Å²) in [5, 5.41) is 11.8. The number of rotatable bonds is 5. The Balaban J connectivity index is 2.06. The lowest BCUT2D eigenvalue weighted by molar-refractivity contribution is -0.143. The average Bonchev–Trinajstić information content (AvgIpc) is 3.09. The first-order valence-corrected chi connectivity index (χ1v) is 7.92. The van der Waals surface area contributed by atoms with Gasteiger partial charge in [-0.2, -0.15) is 14.9 Å². The van der Waals surface area contributed by atoms with Gasteiger partial charge < -0.3 is 9.30 Å². The van der Waals surface area contributed by atoms with Gasteiger partial charge in [0.2, 0.25) is 4.77 Å². The molecule has 0 aliphatic heterocycles. The lowest BCUT2D eigenvalue weighted by Crippen LogP contribution is -2.14. The zero-order valence-corrected chi connectivity index (χ0v) is 14.2. The lowest BCUT2D eigenvalue weighted by Gasteiger charge is -2.07. The summed E-state index contributed by atoms with van der Waals surface area (Å²) in [6.07, 6.45) is 3.23. The predicted octanol–water partition coefficient (Wildman–Crippen LogP) is 2.65. The number of carbonyl (C=O) groups is 1. The number of nitrogens with zero attached hydrogens (tertiary/aromatic N) is 4. The Morgan fingerprint density at radius 1 is 1.46 bits per heavy atom. The third-order valence-corrected chi connectivity index (χ3v) is 4.00. The molecule has 0 saturated heterocycles. The number of benzene rings is 1. The van der Waals surface area contributed by atoms with E-state index in [2.05, 4.69) is 15.3 Å². The second kappa shape index (κ2) is 6.79. The topological polar surface area (TPSA) is 77.2 Å². The molecule has 8 heteroatoms. The summed E-state index contributed by atoms with van der Waals surface area (Å²) in [7, 11) is 0. The van der Waals surface area contributed by atoms with Crippen molar-refractivity contribution in [3.63, 3.8) is 0 Å². The van der Waals surface area contributed by atoms with Gasteiger partial charge in [-0.25, -0.2) is 0 Å². The fourth-order valence-electron chi connectivity index (χ4n) is 2.60. The Morgan fingerprint density at radius 2 is 2.25 bits per heavy atom. The van der Waals surface area contributed by atoms with E-state index in [1.807, 2.05) is 35.8 Å². The highest BCUT2D eigenvalue weighted by molar-refractivity contribution is 7.71. The van der Waals surface area contributed by atoms with Crippen molar-refractivity contribution in [1.29, 1.82) is 0 Å². The predicted molar refractivity (Wildman–Crippen MR) is 93.7 cm³/mol. The second-order valence-electron chi connectivity index (χ2n) is 5.16. The van der Waals surface area contributed by atoms with Gasteiger partial charge in [0.25, 0.3) is 0 Å². The monoisotopic (exact) mass is 343 g/mol. The lowest BCUT2D eigenvalue weighted by atomic mass is 10.1. The molecular formula is C16H17N5O2S.